The van der Waals surface area contributed by atoms with Crippen LogP contribution in [-0.2, 0) is 13.0 Å². The maximum Gasteiger partial charge on any atom is 0.412 e. The lowest BCUT2D eigenvalue weighted by Gasteiger charge is -2.35. The van der Waals surface area contributed by atoms with Gasteiger partial charge >= 0.3 is 12.1 Å². The largest absolute Gasteiger partial charge is 0.506 e. The Balaban J connectivity index is 1.04. The van der Waals surface area contributed by atoms with Crippen molar-refractivity contribution in [3.05, 3.63) is 117 Å². The summed E-state index contributed by atoms with van der Waals surface area (Å²) >= 11 is 6.58. The highest BCUT2D eigenvalue weighted by molar-refractivity contribution is 6.33. The van der Waals surface area contributed by atoms with E-state index in [-0.39, 0.29) is 42.0 Å². The second kappa shape index (κ2) is 18.4. The number of fused-ring (bicyclic) bond motifs is 1. The summed E-state index contributed by atoms with van der Waals surface area (Å²) in [6.45, 7) is 0.788. The Morgan fingerprint density at radius 2 is 1.79 bits per heavy atom. The molecule has 0 aliphatic heterocycles. The zero-order valence-electron chi connectivity index (χ0n) is 31.1. The molecule has 1 saturated carbocycles. The van der Waals surface area contributed by atoms with Gasteiger partial charge in [0.05, 0.1) is 35.1 Å². The number of carbonyl (C=O) groups is 2. The van der Waals surface area contributed by atoms with E-state index in [1.54, 1.807) is 24.3 Å². The Bertz CT molecular complexity index is 2230. The minimum absolute atomic E-state index is 0.0886. The molecule has 1 fully saturated rings. The molecule has 3 amide bonds. The van der Waals surface area contributed by atoms with Gasteiger partial charge in [-0.15, -0.1) is 0 Å². The van der Waals surface area contributed by atoms with Crippen molar-refractivity contribution in [3.63, 3.8) is 0 Å². The van der Waals surface area contributed by atoms with Gasteiger partial charge in [-0.3, -0.25) is 9.69 Å². The monoisotopic (exact) mass is 782 g/mol. The average Bonchev–Trinajstić information content (AvgIpc) is 3.19. The number of aryl methyl sites for hydroxylation is 1. The molecule has 14 heteroatoms. The van der Waals surface area contributed by atoms with Crippen LogP contribution >= 0.6 is 11.6 Å². The number of aromatic hydroxyl groups is 1. The number of phenolic OH excluding ortho intramolecular Hbond substituents is 1. The number of aromatic amines is 1. The van der Waals surface area contributed by atoms with E-state index in [2.05, 4.69) is 20.9 Å². The number of carbonyl (C=O) groups excluding carboxylic acids is 1. The highest BCUT2D eigenvalue weighted by Crippen LogP contribution is 2.37. The minimum atomic E-state index is -0.989. The molecule has 1 unspecified atom stereocenters. The second-order valence-corrected chi connectivity index (χ2v) is 14.4. The summed E-state index contributed by atoms with van der Waals surface area (Å²) in [5.41, 5.74) is 11.0. The molecule has 56 heavy (non-hydrogen) atoms. The summed E-state index contributed by atoms with van der Waals surface area (Å²) in [6.07, 6.45) is 2.24. The van der Waals surface area contributed by atoms with E-state index in [1.165, 1.54) is 24.1 Å². The van der Waals surface area contributed by atoms with Crippen molar-refractivity contribution in [2.75, 3.05) is 30.4 Å². The van der Waals surface area contributed by atoms with Crippen molar-refractivity contribution in [1.29, 1.82) is 0 Å². The number of H-pyrrole nitrogens is 1. The SMILES string of the molecule is COc1cc(NC(=O)NCCCc2ccc(-c3ccccc3)c(N(C(=O)O)[C@H]3CC[C@H](N)CC3)c2)c(Cl)cc1CNCC(O)c1ccc(O)c2[nH]c(=O)ccc12. The molecule has 0 bridgehead atoms. The average molecular weight is 783 g/mol. The molecular formula is C42H47ClN6O7. The molecule has 1 atom stereocenters. The van der Waals surface area contributed by atoms with Crippen LogP contribution in [0.4, 0.5) is 21.0 Å². The quantitative estimate of drug-likeness (QED) is 0.0552. The normalized spacial score (nSPS) is 15.9. The molecule has 1 aromatic heterocycles. The molecular weight excluding hydrogens is 736 g/mol. The van der Waals surface area contributed by atoms with Crippen LogP contribution in [0.25, 0.3) is 22.0 Å². The first-order chi connectivity index (χ1) is 27.0. The van der Waals surface area contributed by atoms with Crippen LogP contribution in [0.5, 0.6) is 11.5 Å². The molecule has 1 aliphatic rings. The molecule has 4 aromatic carbocycles. The summed E-state index contributed by atoms with van der Waals surface area (Å²) in [5.74, 6) is 0.384. The maximum absolute atomic E-state index is 12.9. The van der Waals surface area contributed by atoms with E-state index < -0.39 is 18.2 Å². The van der Waals surface area contributed by atoms with E-state index in [1.807, 2.05) is 48.5 Å². The second-order valence-electron chi connectivity index (χ2n) is 14.0. The van der Waals surface area contributed by atoms with Crippen molar-refractivity contribution >= 4 is 46.0 Å². The van der Waals surface area contributed by atoms with Gasteiger partial charge in [0.25, 0.3) is 0 Å². The van der Waals surface area contributed by atoms with Gasteiger partial charge in [0.1, 0.15) is 11.5 Å². The van der Waals surface area contributed by atoms with Crippen molar-refractivity contribution < 1.29 is 29.6 Å². The van der Waals surface area contributed by atoms with Gasteiger partial charge in [-0.05, 0) is 79.5 Å². The van der Waals surface area contributed by atoms with Gasteiger partial charge in [0.2, 0.25) is 5.56 Å². The fraction of sp³-hybridized carbons (Fsp3) is 0.310. The molecule has 1 heterocycles. The maximum atomic E-state index is 12.9. The third-order valence-electron chi connectivity index (χ3n) is 10.2. The summed E-state index contributed by atoms with van der Waals surface area (Å²) in [4.78, 5) is 41.5. The fourth-order valence-corrected chi connectivity index (χ4v) is 7.53. The number of amides is 3. The van der Waals surface area contributed by atoms with Crippen LogP contribution in [0.3, 0.4) is 0 Å². The Labute approximate surface area is 329 Å². The van der Waals surface area contributed by atoms with Gasteiger partial charge in [-0.2, -0.15) is 0 Å². The first kappa shape index (κ1) is 40.1. The number of ether oxygens (including phenoxy) is 1. The molecule has 6 rings (SSSR count). The third kappa shape index (κ3) is 9.61. The molecule has 13 nitrogen and oxygen atoms in total. The predicted octanol–water partition coefficient (Wildman–Crippen LogP) is 6.89. The Hall–Kier alpha value is -5.60. The summed E-state index contributed by atoms with van der Waals surface area (Å²) in [6, 6.07) is 24.4. The van der Waals surface area contributed by atoms with E-state index >= 15 is 0 Å². The van der Waals surface area contributed by atoms with Gasteiger partial charge in [0.15, 0.2) is 0 Å². The number of nitrogens with two attached hydrogens (primary N) is 1. The van der Waals surface area contributed by atoms with Crippen molar-refractivity contribution in [2.24, 2.45) is 5.73 Å². The lowest BCUT2D eigenvalue weighted by molar-refractivity contribution is 0.175. The molecule has 9 N–H and O–H groups in total. The number of hydrogen-bond donors (Lipinski definition) is 8. The first-order valence-corrected chi connectivity index (χ1v) is 19.0. The number of anilines is 2. The lowest BCUT2D eigenvalue weighted by atomic mass is 9.89. The van der Waals surface area contributed by atoms with E-state index in [0.717, 1.165) is 29.5 Å². The summed E-state index contributed by atoms with van der Waals surface area (Å²) < 4.78 is 5.58. The minimum Gasteiger partial charge on any atom is -0.506 e. The van der Waals surface area contributed by atoms with Gasteiger partial charge in [0, 0.05) is 60.4 Å². The number of aliphatic hydroxyl groups excluding tert-OH is 1. The molecule has 0 saturated heterocycles. The number of rotatable bonds is 14. The Morgan fingerprint density at radius 3 is 2.52 bits per heavy atom. The number of methoxy groups -OCH3 is 1. The number of nitrogens with zero attached hydrogens (tertiary/aromatic N) is 1. The van der Waals surface area contributed by atoms with Gasteiger partial charge in [-0.1, -0.05) is 60.1 Å². The zero-order chi connectivity index (χ0) is 39.8. The number of benzene rings is 4. The number of aliphatic hydroxyl groups is 1. The number of phenols is 1. The predicted molar refractivity (Wildman–Crippen MR) is 219 cm³/mol. The van der Waals surface area contributed by atoms with Crippen LogP contribution in [0, 0.1) is 0 Å². The smallest absolute Gasteiger partial charge is 0.412 e. The molecule has 5 aromatic rings. The third-order valence-corrected chi connectivity index (χ3v) is 10.5. The number of hydrogen-bond acceptors (Lipinski definition) is 8. The zero-order valence-corrected chi connectivity index (χ0v) is 31.8. The number of aromatic nitrogens is 1. The fourth-order valence-electron chi connectivity index (χ4n) is 7.29. The van der Waals surface area contributed by atoms with E-state index in [9.17, 15) is 29.7 Å². The number of urea groups is 1. The topological polar surface area (TPSA) is 202 Å². The highest BCUT2D eigenvalue weighted by Gasteiger charge is 2.31. The summed E-state index contributed by atoms with van der Waals surface area (Å²) in [7, 11) is 1.51. The highest BCUT2D eigenvalue weighted by atomic mass is 35.5. The number of pyridine rings is 1. The number of nitrogens with one attached hydrogen (secondary N) is 4. The van der Waals surface area contributed by atoms with Crippen LogP contribution in [0.15, 0.2) is 89.7 Å². The molecule has 0 spiro atoms. The standard InChI is InChI=1S/C42H47ClN6O7/c1-56-38-22-34(33(43)21-27(38)23-45-24-37(51)31-15-17-36(50)40-32(31)16-18-39(52)48-40)47-41(53)46-19-5-6-25-9-14-30(26-7-3-2-4-8-26)35(20-25)49(42(54)55)29-12-10-28(44)11-13-29/h2-4,7-9,14-18,20-22,28-29,37,45,50-51H,5-6,10-13,19,23-24,44H2,1H3,(H,48,52)(H,54,55)(H2,46,47,53)/t28-,29-,37?. The van der Waals surface area contributed by atoms with Crippen LogP contribution in [-0.4, -0.2) is 64.7 Å². The van der Waals surface area contributed by atoms with Crippen molar-refractivity contribution in [2.45, 2.75) is 63.3 Å². The first-order valence-electron chi connectivity index (χ1n) is 18.6. The Morgan fingerprint density at radius 1 is 1.02 bits per heavy atom. The van der Waals surface area contributed by atoms with Crippen molar-refractivity contribution in [1.82, 2.24) is 15.6 Å². The van der Waals surface area contributed by atoms with Crippen molar-refractivity contribution in [3.8, 4) is 22.6 Å². The lowest BCUT2D eigenvalue weighted by Crippen LogP contribution is -2.44. The summed E-state index contributed by atoms with van der Waals surface area (Å²) in [5, 5.41) is 41.2. The number of carboxylic acid groups (broad SMARTS) is 1. The van der Waals surface area contributed by atoms with Gasteiger partial charge < -0.3 is 46.7 Å². The molecule has 0 radical (unpaired) electrons. The Kier molecular flexibility index (Phi) is 13.1. The number of halogens is 1. The van der Waals surface area contributed by atoms with Crippen LogP contribution < -0.4 is 36.9 Å². The van der Waals surface area contributed by atoms with Crippen LogP contribution in [0.2, 0.25) is 5.02 Å². The van der Waals surface area contributed by atoms with Gasteiger partial charge in [-0.25, -0.2) is 9.59 Å². The molecule has 294 valence electrons. The van der Waals surface area contributed by atoms with E-state index in [0.29, 0.717) is 70.9 Å². The molecule has 1 aliphatic carbocycles. The van der Waals surface area contributed by atoms with E-state index in [4.69, 9.17) is 22.1 Å². The van der Waals surface area contributed by atoms with Crippen LogP contribution in [0.1, 0.15) is 54.9 Å².